The average Bonchev–Trinajstić information content (AvgIpc) is 2.89. The minimum Gasteiger partial charge on any atom is -0.280 e. The zero-order valence-corrected chi connectivity index (χ0v) is 12.0. The summed E-state index contributed by atoms with van der Waals surface area (Å²) in [7, 11) is 0. The number of pyridine rings is 1. The number of H-pyrrole nitrogens is 1. The van der Waals surface area contributed by atoms with Crippen LogP contribution < -0.4 is 0 Å². The maximum absolute atomic E-state index is 4.87. The molecular formula is C18H15N3. The van der Waals surface area contributed by atoms with Gasteiger partial charge in [-0.15, -0.1) is 0 Å². The van der Waals surface area contributed by atoms with Gasteiger partial charge in [0.15, 0.2) is 0 Å². The van der Waals surface area contributed by atoms with E-state index in [0.717, 1.165) is 38.8 Å². The molecule has 0 radical (unpaired) electrons. The Morgan fingerprint density at radius 3 is 2.29 bits per heavy atom. The average molecular weight is 273 g/mol. The lowest BCUT2D eigenvalue weighted by molar-refractivity contribution is 1.07. The van der Waals surface area contributed by atoms with Crippen LogP contribution in [0, 0.1) is 13.8 Å². The lowest BCUT2D eigenvalue weighted by Crippen LogP contribution is -1.89. The smallest absolute Gasteiger partial charge is 0.119 e. The van der Waals surface area contributed by atoms with Crippen LogP contribution in [0.1, 0.15) is 11.3 Å². The van der Waals surface area contributed by atoms with Crippen LogP contribution in [-0.2, 0) is 0 Å². The molecule has 0 spiro atoms. The van der Waals surface area contributed by atoms with Crippen molar-refractivity contribution in [3.63, 3.8) is 0 Å². The van der Waals surface area contributed by atoms with Crippen molar-refractivity contribution >= 4 is 21.8 Å². The number of aromatic amines is 1. The minimum atomic E-state index is 0.943. The molecule has 0 bridgehead atoms. The van der Waals surface area contributed by atoms with E-state index in [0.29, 0.717) is 0 Å². The van der Waals surface area contributed by atoms with E-state index in [1.165, 1.54) is 5.56 Å². The molecule has 2 aromatic heterocycles. The maximum Gasteiger partial charge on any atom is 0.119 e. The lowest BCUT2D eigenvalue weighted by Gasteiger charge is -2.07. The molecule has 0 unspecified atom stereocenters. The van der Waals surface area contributed by atoms with E-state index in [-0.39, 0.29) is 0 Å². The van der Waals surface area contributed by atoms with Crippen LogP contribution in [0.25, 0.3) is 33.1 Å². The highest BCUT2D eigenvalue weighted by atomic mass is 15.1. The molecule has 21 heavy (non-hydrogen) atoms. The van der Waals surface area contributed by atoms with Gasteiger partial charge in [0.1, 0.15) is 11.0 Å². The van der Waals surface area contributed by atoms with Gasteiger partial charge >= 0.3 is 0 Å². The van der Waals surface area contributed by atoms with Gasteiger partial charge in [-0.05, 0) is 13.8 Å². The number of aromatic nitrogens is 3. The number of benzene rings is 2. The second-order valence-corrected chi connectivity index (χ2v) is 5.42. The summed E-state index contributed by atoms with van der Waals surface area (Å²) in [6.07, 6.45) is 0. The molecule has 1 N–H and O–H groups in total. The Bertz CT molecular complexity index is 949. The molecule has 0 aliphatic heterocycles. The van der Waals surface area contributed by atoms with E-state index >= 15 is 0 Å². The van der Waals surface area contributed by atoms with Crippen LogP contribution in [0.15, 0.2) is 48.5 Å². The van der Waals surface area contributed by atoms with Gasteiger partial charge in [0.05, 0.1) is 11.4 Å². The van der Waals surface area contributed by atoms with Gasteiger partial charge in [-0.1, -0.05) is 54.1 Å². The Balaban J connectivity index is 2.15. The summed E-state index contributed by atoms with van der Waals surface area (Å²) in [5.74, 6) is 0. The zero-order chi connectivity index (χ0) is 14.4. The first-order valence-electron chi connectivity index (χ1n) is 7.04. The number of hydrogen-bond acceptors (Lipinski definition) is 2. The summed E-state index contributed by atoms with van der Waals surface area (Å²) >= 11 is 0. The monoisotopic (exact) mass is 273 g/mol. The van der Waals surface area contributed by atoms with Gasteiger partial charge in [0, 0.05) is 16.3 Å². The largest absolute Gasteiger partial charge is 0.280 e. The summed E-state index contributed by atoms with van der Waals surface area (Å²) in [6.45, 7) is 4.11. The van der Waals surface area contributed by atoms with Crippen molar-refractivity contribution in [3.8, 4) is 11.3 Å². The van der Waals surface area contributed by atoms with E-state index < -0.39 is 0 Å². The standard InChI is InChI=1S/C18H15N3/c1-11-7-9-13(10-8-11)17-14-5-3-4-6-15(14)18-16(19-17)12(2)20-21-18/h3-10H,1-2H3,(H,20,21). The molecule has 102 valence electrons. The highest BCUT2D eigenvalue weighted by Crippen LogP contribution is 2.32. The third-order valence-electron chi connectivity index (χ3n) is 3.90. The van der Waals surface area contributed by atoms with Crippen molar-refractivity contribution in [2.45, 2.75) is 13.8 Å². The van der Waals surface area contributed by atoms with Gasteiger partial charge in [0.2, 0.25) is 0 Å². The van der Waals surface area contributed by atoms with E-state index in [2.05, 4.69) is 53.5 Å². The van der Waals surface area contributed by atoms with Crippen molar-refractivity contribution in [2.24, 2.45) is 0 Å². The molecule has 0 atom stereocenters. The molecule has 2 heterocycles. The highest BCUT2D eigenvalue weighted by molar-refractivity contribution is 6.09. The number of nitrogens with one attached hydrogen (secondary N) is 1. The normalized spacial score (nSPS) is 11.3. The molecule has 3 nitrogen and oxygen atoms in total. The van der Waals surface area contributed by atoms with Crippen LogP contribution in [0.2, 0.25) is 0 Å². The fourth-order valence-corrected chi connectivity index (χ4v) is 2.75. The highest BCUT2D eigenvalue weighted by Gasteiger charge is 2.13. The quantitative estimate of drug-likeness (QED) is 0.558. The van der Waals surface area contributed by atoms with Crippen molar-refractivity contribution < 1.29 is 0 Å². The molecule has 0 aliphatic rings. The van der Waals surface area contributed by atoms with Crippen molar-refractivity contribution in [3.05, 3.63) is 59.8 Å². The summed E-state index contributed by atoms with van der Waals surface area (Å²) in [4.78, 5) is 4.87. The van der Waals surface area contributed by atoms with Gasteiger partial charge in [-0.25, -0.2) is 4.98 Å². The van der Waals surface area contributed by atoms with E-state index in [1.807, 2.05) is 19.1 Å². The minimum absolute atomic E-state index is 0.943. The molecule has 4 aromatic rings. The van der Waals surface area contributed by atoms with Crippen LogP contribution in [0.4, 0.5) is 0 Å². The summed E-state index contributed by atoms with van der Waals surface area (Å²) < 4.78 is 0. The van der Waals surface area contributed by atoms with E-state index in [4.69, 9.17) is 4.98 Å². The Morgan fingerprint density at radius 1 is 0.810 bits per heavy atom. The second-order valence-electron chi connectivity index (χ2n) is 5.42. The summed E-state index contributed by atoms with van der Waals surface area (Å²) in [6, 6.07) is 16.8. The predicted molar refractivity (Wildman–Crippen MR) is 86.3 cm³/mol. The molecule has 3 heteroatoms. The number of aryl methyl sites for hydroxylation is 2. The molecule has 0 fully saturated rings. The molecular weight excluding hydrogens is 258 g/mol. The van der Waals surface area contributed by atoms with Crippen molar-refractivity contribution in [1.29, 1.82) is 0 Å². The topological polar surface area (TPSA) is 41.6 Å². The zero-order valence-electron chi connectivity index (χ0n) is 12.0. The van der Waals surface area contributed by atoms with Crippen LogP contribution in [0.3, 0.4) is 0 Å². The first-order chi connectivity index (χ1) is 10.2. The van der Waals surface area contributed by atoms with Gasteiger partial charge < -0.3 is 0 Å². The van der Waals surface area contributed by atoms with E-state index in [1.54, 1.807) is 0 Å². The molecule has 0 saturated carbocycles. The van der Waals surface area contributed by atoms with Gasteiger partial charge in [0.25, 0.3) is 0 Å². The third-order valence-corrected chi connectivity index (χ3v) is 3.90. The third kappa shape index (κ3) is 1.82. The van der Waals surface area contributed by atoms with Gasteiger partial charge in [-0.3, -0.25) is 5.10 Å². The summed E-state index contributed by atoms with van der Waals surface area (Å²) in [5, 5.41) is 9.73. The molecule has 0 amide bonds. The Kier molecular flexibility index (Phi) is 2.54. The Morgan fingerprint density at radius 2 is 1.52 bits per heavy atom. The molecule has 0 saturated heterocycles. The maximum atomic E-state index is 4.87. The molecule has 0 aliphatic carbocycles. The van der Waals surface area contributed by atoms with Crippen molar-refractivity contribution in [1.82, 2.24) is 15.2 Å². The first-order valence-corrected chi connectivity index (χ1v) is 7.04. The molecule has 2 aromatic carbocycles. The molecule has 4 rings (SSSR count). The number of hydrogen-bond donors (Lipinski definition) is 1. The van der Waals surface area contributed by atoms with Crippen molar-refractivity contribution in [2.75, 3.05) is 0 Å². The van der Waals surface area contributed by atoms with Crippen LogP contribution in [-0.4, -0.2) is 15.2 Å². The number of rotatable bonds is 1. The Hall–Kier alpha value is -2.68. The van der Waals surface area contributed by atoms with Crippen LogP contribution >= 0.6 is 0 Å². The first kappa shape index (κ1) is 12.1. The fraction of sp³-hybridized carbons (Fsp3) is 0.111. The van der Waals surface area contributed by atoms with Gasteiger partial charge in [-0.2, -0.15) is 5.10 Å². The number of fused-ring (bicyclic) bond motifs is 3. The predicted octanol–water partition coefficient (Wildman–Crippen LogP) is 4.39. The second kappa shape index (κ2) is 4.42. The van der Waals surface area contributed by atoms with Crippen LogP contribution in [0.5, 0.6) is 0 Å². The summed E-state index contributed by atoms with van der Waals surface area (Å²) in [5.41, 5.74) is 6.30. The SMILES string of the molecule is Cc1ccc(-c2nc3c(C)[nH]nc3c3ccccc23)cc1. The Labute approximate surface area is 122 Å². The number of nitrogens with zero attached hydrogens (tertiary/aromatic N) is 2. The fourth-order valence-electron chi connectivity index (χ4n) is 2.75. The van der Waals surface area contributed by atoms with E-state index in [9.17, 15) is 0 Å². The lowest BCUT2D eigenvalue weighted by atomic mass is 10.0.